The van der Waals surface area contributed by atoms with Gasteiger partial charge >= 0.3 is 12.1 Å². The van der Waals surface area contributed by atoms with Gasteiger partial charge < -0.3 is 10.0 Å². The van der Waals surface area contributed by atoms with Gasteiger partial charge in [0.05, 0.1) is 0 Å². The summed E-state index contributed by atoms with van der Waals surface area (Å²) in [5, 5.41) is 9.40. The molecule has 1 saturated carbocycles. The third-order valence-corrected chi connectivity index (χ3v) is 4.88. The van der Waals surface area contributed by atoms with E-state index in [-0.39, 0.29) is 5.69 Å². The molecule has 1 aliphatic carbocycles. The van der Waals surface area contributed by atoms with Gasteiger partial charge in [-0.1, -0.05) is 19.3 Å². The lowest BCUT2D eigenvalue weighted by atomic mass is 9.80. The second-order valence-electron chi connectivity index (χ2n) is 5.30. The van der Waals surface area contributed by atoms with Crippen molar-refractivity contribution >= 4 is 23.2 Å². The zero-order valence-electron chi connectivity index (χ0n) is 11.8. The molecule has 9 heteroatoms. The molecule has 1 aliphatic rings. The molecule has 122 valence electrons. The fourth-order valence-electron chi connectivity index (χ4n) is 2.70. The number of nitrogens with zero attached hydrogens (tertiary/aromatic N) is 2. The fourth-order valence-corrected chi connectivity index (χ4v) is 3.36. The summed E-state index contributed by atoms with van der Waals surface area (Å²) in [7, 11) is 1.31. The van der Waals surface area contributed by atoms with Crippen molar-refractivity contribution in [3.8, 4) is 0 Å². The highest BCUT2D eigenvalue weighted by atomic mass is 32.1. The van der Waals surface area contributed by atoms with E-state index < -0.39 is 28.6 Å². The van der Waals surface area contributed by atoms with E-state index in [1.54, 1.807) is 0 Å². The molecule has 0 aliphatic heterocycles. The first-order valence-corrected chi connectivity index (χ1v) is 7.61. The second-order valence-corrected chi connectivity index (χ2v) is 6.16. The molecule has 22 heavy (non-hydrogen) atoms. The van der Waals surface area contributed by atoms with E-state index in [4.69, 9.17) is 0 Å². The third kappa shape index (κ3) is 2.94. The Kier molecular flexibility index (Phi) is 4.46. The normalized spacial score (nSPS) is 18.0. The number of hydrogen-bond acceptors (Lipinski definition) is 4. The number of likely N-dealkylation sites (N-methyl/N-ethyl adjacent to an activating group) is 1. The van der Waals surface area contributed by atoms with E-state index in [1.807, 2.05) is 0 Å². The van der Waals surface area contributed by atoms with Crippen LogP contribution in [0.5, 0.6) is 0 Å². The first-order valence-electron chi connectivity index (χ1n) is 6.73. The fraction of sp³-hybridized carbons (Fsp3) is 0.615. The Labute approximate surface area is 128 Å². The van der Waals surface area contributed by atoms with Crippen molar-refractivity contribution < 1.29 is 27.9 Å². The van der Waals surface area contributed by atoms with Gasteiger partial charge in [-0.15, -0.1) is 11.3 Å². The van der Waals surface area contributed by atoms with Crippen LogP contribution < -0.4 is 0 Å². The number of halogens is 3. The average molecular weight is 336 g/mol. The van der Waals surface area contributed by atoms with Crippen LogP contribution in [0.4, 0.5) is 13.2 Å². The first kappa shape index (κ1) is 16.7. The standard InChI is InChI=1S/C13H15F3N2O3S/c1-18(12(11(20)21)5-3-2-4-6-12)9(19)8-7-22-10(17-8)13(14,15)16/h7H,2-6H2,1H3,(H,20,21). The number of hydrogen-bond donors (Lipinski definition) is 1. The maximum Gasteiger partial charge on any atom is 0.443 e. The maximum absolute atomic E-state index is 12.6. The number of aromatic nitrogens is 1. The summed E-state index contributed by atoms with van der Waals surface area (Å²) >= 11 is 0.325. The molecule has 0 radical (unpaired) electrons. The van der Waals surface area contributed by atoms with E-state index in [0.717, 1.165) is 16.7 Å². The zero-order valence-corrected chi connectivity index (χ0v) is 12.6. The van der Waals surface area contributed by atoms with Crippen molar-refractivity contribution in [3.63, 3.8) is 0 Å². The van der Waals surface area contributed by atoms with Crippen LogP contribution in [0.25, 0.3) is 0 Å². The van der Waals surface area contributed by atoms with E-state index in [2.05, 4.69) is 4.98 Å². The minimum absolute atomic E-state index is 0.292. The molecule has 5 nitrogen and oxygen atoms in total. The van der Waals surface area contributed by atoms with Crippen molar-refractivity contribution in [1.29, 1.82) is 0 Å². The van der Waals surface area contributed by atoms with Crippen LogP contribution in [-0.4, -0.2) is 39.5 Å². The highest BCUT2D eigenvalue weighted by molar-refractivity contribution is 7.09. The summed E-state index contributed by atoms with van der Waals surface area (Å²) in [6.45, 7) is 0. The monoisotopic (exact) mass is 336 g/mol. The third-order valence-electron chi connectivity index (χ3n) is 3.99. The number of thiazole rings is 1. The van der Waals surface area contributed by atoms with Crippen molar-refractivity contribution in [2.45, 2.75) is 43.8 Å². The van der Waals surface area contributed by atoms with E-state index in [1.165, 1.54) is 7.05 Å². The molecule has 0 atom stereocenters. The van der Waals surface area contributed by atoms with Crippen molar-refractivity contribution in [1.82, 2.24) is 9.88 Å². The van der Waals surface area contributed by atoms with E-state index >= 15 is 0 Å². The number of rotatable bonds is 3. The molecule has 1 amide bonds. The molecule has 0 bridgehead atoms. The number of amides is 1. The number of carboxylic acid groups (broad SMARTS) is 1. The Morgan fingerprint density at radius 3 is 2.36 bits per heavy atom. The number of alkyl halides is 3. The van der Waals surface area contributed by atoms with Crippen LogP contribution in [0.2, 0.25) is 0 Å². The number of carbonyl (C=O) groups excluding carboxylic acids is 1. The summed E-state index contributed by atoms with van der Waals surface area (Å²) in [4.78, 5) is 28.3. The van der Waals surface area contributed by atoms with Crippen LogP contribution in [0.3, 0.4) is 0 Å². The molecule has 0 spiro atoms. The van der Waals surface area contributed by atoms with Crippen molar-refractivity contribution in [3.05, 3.63) is 16.1 Å². The van der Waals surface area contributed by atoms with Crippen LogP contribution in [0.1, 0.15) is 47.6 Å². The average Bonchev–Trinajstić information content (AvgIpc) is 2.96. The minimum atomic E-state index is -4.61. The van der Waals surface area contributed by atoms with Gasteiger partial charge in [0.1, 0.15) is 11.2 Å². The van der Waals surface area contributed by atoms with Gasteiger partial charge in [-0.05, 0) is 12.8 Å². The molecule has 1 heterocycles. The maximum atomic E-state index is 12.6. The summed E-state index contributed by atoms with van der Waals surface area (Å²) in [6, 6.07) is 0. The van der Waals surface area contributed by atoms with Gasteiger partial charge in [0.2, 0.25) is 0 Å². The number of carboxylic acids is 1. The molecule has 1 aromatic heterocycles. The van der Waals surface area contributed by atoms with Gasteiger partial charge in [0, 0.05) is 12.4 Å². The Bertz CT molecular complexity index is 579. The van der Waals surface area contributed by atoms with Crippen molar-refractivity contribution in [2.75, 3.05) is 7.05 Å². The van der Waals surface area contributed by atoms with Crippen molar-refractivity contribution in [2.24, 2.45) is 0 Å². The largest absolute Gasteiger partial charge is 0.479 e. The first-order chi connectivity index (χ1) is 10.2. The van der Waals surface area contributed by atoms with E-state index in [9.17, 15) is 27.9 Å². The van der Waals surface area contributed by atoms with Gasteiger partial charge in [-0.2, -0.15) is 13.2 Å². The van der Waals surface area contributed by atoms with Gasteiger partial charge in [0.15, 0.2) is 5.01 Å². The lowest BCUT2D eigenvalue weighted by molar-refractivity contribution is -0.151. The molecule has 1 N–H and O–H groups in total. The summed E-state index contributed by atoms with van der Waals surface area (Å²) in [5.41, 5.74) is -1.73. The Balaban J connectivity index is 2.27. The number of aliphatic carboxylic acids is 1. The molecule has 1 fully saturated rings. The smallest absolute Gasteiger partial charge is 0.443 e. The van der Waals surface area contributed by atoms with Gasteiger partial charge in [-0.3, -0.25) is 4.79 Å². The predicted molar refractivity (Wildman–Crippen MR) is 72.7 cm³/mol. The second kappa shape index (κ2) is 5.86. The van der Waals surface area contributed by atoms with E-state index in [0.29, 0.717) is 37.0 Å². The highest BCUT2D eigenvalue weighted by Crippen LogP contribution is 2.35. The van der Waals surface area contributed by atoms with Crippen LogP contribution in [0.15, 0.2) is 5.38 Å². The molecule has 0 aromatic carbocycles. The lowest BCUT2D eigenvalue weighted by Gasteiger charge is -2.40. The lowest BCUT2D eigenvalue weighted by Crippen LogP contribution is -2.56. The summed E-state index contributed by atoms with van der Waals surface area (Å²) in [6.07, 6.45) is -1.83. The van der Waals surface area contributed by atoms with Crippen LogP contribution >= 0.6 is 11.3 Å². The Morgan fingerprint density at radius 1 is 1.32 bits per heavy atom. The van der Waals surface area contributed by atoms with Gasteiger partial charge in [0.25, 0.3) is 5.91 Å². The molecule has 0 unspecified atom stereocenters. The minimum Gasteiger partial charge on any atom is -0.479 e. The quantitative estimate of drug-likeness (QED) is 0.921. The molecule has 0 saturated heterocycles. The van der Waals surface area contributed by atoms with Crippen LogP contribution in [0, 0.1) is 0 Å². The predicted octanol–water partition coefficient (Wildman–Crippen LogP) is 3.02. The number of carbonyl (C=O) groups is 2. The van der Waals surface area contributed by atoms with Gasteiger partial charge in [-0.25, -0.2) is 9.78 Å². The molecule has 1 aromatic rings. The highest BCUT2D eigenvalue weighted by Gasteiger charge is 2.46. The van der Waals surface area contributed by atoms with Crippen LogP contribution in [-0.2, 0) is 11.0 Å². The zero-order chi connectivity index (χ0) is 16.5. The summed E-state index contributed by atoms with van der Waals surface area (Å²) in [5.74, 6) is -1.93. The Hall–Kier alpha value is -1.64. The molecular weight excluding hydrogens is 321 g/mol. The molecule has 2 rings (SSSR count). The summed E-state index contributed by atoms with van der Waals surface area (Å²) < 4.78 is 37.7. The molecular formula is C13H15F3N2O3S. The SMILES string of the molecule is CN(C(=O)c1csc(C(F)(F)F)n1)C1(C(=O)O)CCCCC1. The topological polar surface area (TPSA) is 70.5 Å². The Morgan fingerprint density at radius 2 is 1.91 bits per heavy atom.